The summed E-state index contributed by atoms with van der Waals surface area (Å²) in [6, 6.07) is 0. The van der Waals surface area contributed by atoms with Crippen LogP contribution in [-0.4, -0.2) is 6.41 Å². The van der Waals surface area contributed by atoms with Crippen LogP contribution in [0.25, 0.3) is 0 Å². The van der Waals surface area contributed by atoms with Crippen LogP contribution < -0.4 is 10.6 Å². The van der Waals surface area contributed by atoms with E-state index >= 15 is 0 Å². The van der Waals surface area contributed by atoms with Gasteiger partial charge in [-0.25, -0.2) is 0 Å². The molecule has 1 aliphatic carbocycles. The topological polar surface area (TPSA) is 41.1 Å². The number of allylic oxidation sites excluding steroid dienone is 6. The van der Waals surface area contributed by atoms with E-state index in [1.807, 2.05) is 18.4 Å². The normalized spacial score (nSPS) is 19.3. The largest absolute Gasteiger partial charge is 0.363 e. The van der Waals surface area contributed by atoms with E-state index in [1.54, 1.807) is 0 Å². The van der Waals surface area contributed by atoms with Crippen LogP contribution in [0.2, 0.25) is 0 Å². The minimum absolute atomic E-state index is 0.704. The Hall–Kier alpha value is -1.77. The summed E-state index contributed by atoms with van der Waals surface area (Å²) in [5.74, 6) is 0. The SMILES string of the molecule is O=CNC1=C2CCC(=CC=C1)C=CN2. The number of amides is 1. The Morgan fingerprint density at radius 1 is 1.36 bits per heavy atom. The predicted molar refractivity (Wildman–Crippen MR) is 55.0 cm³/mol. The highest BCUT2D eigenvalue weighted by molar-refractivity contribution is 5.53. The molecule has 72 valence electrons. The number of hydrogen-bond acceptors (Lipinski definition) is 2. The van der Waals surface area contributed by atoms with Gasteiger partial charge < -0.3 is 10.6 Å². The predicted octanol–water partition coefficient (Wildman–Crippen LogP) is 1.34. The maximum Gasteiger partial charge on any atom is 0.211 e. The van der Waals surface area contributed by atoms with Gasteiger partial charge in [-0.1, -0.05) is 12.2 Å². The fourth-order valence-electron chi connectivity index (χ4n) is 1.59. The molecule has 2 aliphatic rings. The van der Waals surface area contributed by atoms with Crippen molar-refractivity contribution in [1.82, 2.24) is 10.6 Å². The van der Waals surface area contributed by atoms with Gasteiger partial charge in [-0.15, -0.1) is 0 Å². The lowest BCUT2D eigenvalue weighted by Gasteiger charge is -2.11. The molecule has 0 atom stereocenters. The zero-order chi connectivity index (χ0) is 9.80. The van der Waals surface area contributed by atoms with E-state index in [4.69, 9.17) is 0 Å². The first-order valence-corrected chi connectivity index (χ1v) is 4.64. The molecule has 2 rings (SSSR count). The Morgan fingerprint density at radius 2 is 2.29 bits per heavy atom. The molecule has 14 heavy (non-hydrogen) atoms. The summed E-state index contributed by atoms with van der Waals surface area (Å²) in [6.45, 7) is 0. The average Bonchev–Trinajstić information content (AvgIpc) is 2.35. The Bertz CT molecular complexity index is 361. The number of carbonyl (C=O) groups excluding carboxylic acids is 1. The molecule has 2 N–H and O–H groups in total. The van der Waals surface area contributed by atoms with Gasteiger partial charge in [0, 0.05) is 11.9 Å². The second kappa shape index (κ2) is 3.96. The van der Waals surface area contributed by atoms with Crippen LogP contribution >= 0.6 is 0 Å². The van der Waals surface area contributed by atoms with Gasteiger partial charge in [0.15, 0.2) is 0 Å². The van der Waals surface area contributed by atoms with E-state index in [0.29, 0.717) is 6.41 Å². The second-order valence-electron chi connectivity index (χ2n) is 3.23. The first kappa shape index (κ1) is 8.81. The second-order valence-corrected chi connectivity index (χ2v) is 3.23. The third-order valence-corrected chi connectivity index (χ3v) is 2.33. The minimum atomic E-state index is 0.704. The monoisotopic (exact) mass is 188 g/mol. The number of rotatable bonds is 2. The molecule has 1 heterocycles. The van der Waals surface area contributed by atoms with E-state index in [-0.39, 0.29) is 0 Å². The fourth-order valence-corrected chi connectivity index (χ4v) is 1.59. The van der Waals surface area contributed by atoms with E-state index in [2.05, 4.69) is 22.8 Å². The Labute approximate surface area is 82.9 Å². The Kier molecular flexibility index (Phi) is 2.49. The third-order valence-electron chi connectivity index (χ3n) is 2.33. The summed E-state index contributed by atoms with van der Waals surface area (Å²) < 4.78 is 0. The highest BCUT2D eigenvalue weighted by Gasteiger charge is 2.08. The van der Waals surface area contributed by atoms with Crippen LogP contribution in [0.5, 0.6) is 0 Å². The van der Waals surface area contributed by atoms with Crippen LogP contribution in [0.15, 0.2) is 47.5 Å². The molecule has 0 saturated heterocycles. The van der Waals surface area contributed by atoms with Gasteiger partial charge in [-0.05, 0) is 30.6 Å². The summed E-state index contributed by atoms with van der Waals surface area (Å²) in [7, 11) is 0. The van der Waals surface area contributed by atoms with E-state index in [9.17, 15) is 4.79 Å². The maximum atomic E-state index is 10.4. The molecule has 0 unspecified atom stereocenters. The molecule has 1 aliphatic heterocycles. The van der Waals surface area contributed by atoms with E-state index < -0.39 is 0 Å². The zero-order valence-electron chi connectivity index (χ0n) is 7.79. The summed E-state index contributed by atoms with van der Waals surface area (Å²) in [6.07, 6.45) is 12.5. The Balaban J connectivity index is 2.38. The molecule has 0 saturated carbocycles. The van der Waals surface area contributed by atoms with Gasteiger partial charge >= 0.3 is 0 Å². The quantitative estimate of drug-likeness (QED) is 0.642. The van der Waals surface area contributed by atoms with Gasteiger partial charge in [-0.2, -0.15) is 0 Å². The lowest BCUT2D eigenvalue weighted by molar-refractivity contribution is -0.108. The van der Waals surface area contributed by atoms with Crippen LogP contribution in [0.4, 0.5) is 0 Å². The van der Waals surface area contributed by atoms with Gasteiger partial charge in [-0.3, -0.25) is 4.79 Å². The standard InChI is InChI=1S/C11H12N2O/c14-8-13-10-3-1-2-9-4-5-11(10)12-7-6-9/h1-3,6-8,12H,4-5H2,(H,13,14). The van der Waals surface area contributed by atoms with Crippen molar-refractivity contribution in [2.75, 3.05) is 0 Å². The highest BCUT2D eigenvalue weighted by Crippen LogP contribution is 2.19. The zero-order valence-corrected chi connectivity index (χ0v) is 7.79. The number of hydrogen-bond donors (Lipinski definition) is 2. The number of fused-ring (bicyclic) bond motifs is 3. The Morgan fingerprint density at radius 3 is 3.14 bits per heavy atom. The third kappa shape index (κ3) is 1.76. The van der Waals surface area contributed by atoms with Gasteiger partial charge in [0.2, 0.25) is 6.41 Å². The first-order valence-electron chi connectivity index (χ1n) is 4.64. The van der Waals surface area contributed by atoms with Crippen molar-refractivity contribution >= 4 is 6.41 Å². The molecule has 0 aromatic carbocycles. The molecule has 3 nitrogen and oxygen atoms in total. The lowest BCUT2D eigenvalue weighted by Crippen LogP contribution is -2.17. The summed E-state index contributed by atoms with van der Waals surface area (Å²) in [5.41, 5.74) is 3.21. The van der Waals surface area contributed by atoms with Crippen LogP contribution in [0.1, 0.15) is 12.8 Å². The van der Waals surface area contributed by atoms with Gasteiger partial charge in [0.05, 0.1) is 5.70 Å². The van der Waals surface area contributed by atoms with Crippen molar-refractivity contribution in [1.29, 1.82) is 0 Å². The molecular formula is C11H12N2O. The van der Waals surface area contributed by atoms with Crippen molar-refractivity contribution in [2.45, 2.75) is 12.8 Å². The molecule has 0 spiro atoms. The summed E-state index contributed by atoms with van der Waals surface area (Å²) >= 11 is 0. The number of nitrogens with one attached hydrogen (secondary N) is 2. The van der Waals surface area contributed by atoms with E-state index in [0.717, 1.165) is 24.2 Å². The smallest absolute Gasteiger partial charge is 0.211 e. The van der Waals surface area contributed by atoms with Crippen LogP contribution in [-0.2, 0) is 4.79 Å². The molecule has 0 aromatic rings. The summed E-state index contributed by atoms with van der Waals surface area (Å²) in [4.78, 5) is 10.4. The van der Waals surface area contributed by atoms with Gasteiger partial charge in [0.25, 0.3) is 0 Å². The molecule has 2 bridgehead atoms. The molecule has 1 amide bonds. The highest BCUT2D eigenvalue weighted by atomic mass is 16.1. The number of carbonyl (C=O) groups is 1. The summed E-state index contributed by atoms with van der Waals surface area (Å²) in [5, 5.41) is 5.87. The molecule has 0 aromatic heterocycles. The van der Waals surface area contributed by atoms with Crippen molar-refractivity contribution in [3.05, 3.63) is 47.5 Å². The molecule has 3 heteroatoms. The van der Waals surface area contributed by atoms with E-state index in [1.165, 1.54) is 5.57 Å². The fraction of sp³-hybridized carbons (Fsp3) is 0.182. The maximum absolute atomic E-state index is 10.4. The molecule has 0 fully saturated rings. The van der Waals surface area contributed by atoms with Crippen LogP contribution in [0.3, 0.4) is 0 Å². The van der Waals surface area contributed by atoms with Crippen LogP contribution in [0, 0.1) is 0 Å². The van der Waals surface area contributed by atoms with Gasteiger partial charge in [0.1, 0.15) is 0 Å². The van der Waals surface area contributed by atoms with Crippen molar-refractivity contribution < 1.29 is 4.79 Å². The average molecular weight is 188 g/mol. The molecule has 0 radical (unpaired) electrons. The van der Waals surface area contributed by atoms with Crippen molar-refractivity contribution in [3.8, 4) is 0 Å². The lowest BCUT2D eigenvalue weighted by atomic mass is 10.1. The molecular weight excluding hydrogens is 176 g/mol. The van der Waals surface area contributed by atoms with Crippen molar-refractivity contribution in [2.24, 2.45) is 0 Å². The van der Waals surface area contributed by atoms with Crippen molar-refractivity contribution in [3.63, 3.8) is 0 Å². The minimum Gasteiger partial charge on any atom is -0.363 e. The first-order chi connectivity index (χ1) is 6.90.